The summed E-state index contributed by atoms with van der Waals surface area (Å²) in [6.45, 7) is 7.16. The van der Waals surface area contributed by atoms with Gasteiger partial charge in [-0.05, 0) is 57.9 Å². The van der Waals surface area contributed by atoms with Crippen molar-refractivity contribution in [2.24, 2.45) is 13.0 Å². The van der Waals surface area contributed by atoms with Crippen LogP contribution in [0.25, 0.3) is 0 Å². The van der Waals surface area contributed by atoms with Crippen LogP contribution in [0.1, 0.15) is 56.0 Å². The largest absolute Gasteiger partial charge is 0.335 e. The molecule has 5 nitrogen and oxygen atoms in total. The molecular weight excluding hydrogens is 288 g/mol. The Morgan fingerprint density at radius 3 is 2.74 bits per heavy atom. The first-order valence-electron chi connectivity index (χ1n) is 9.03. The summed E-state index contributed by atoms with van der Waals surface area (Å²) in [5.41, 5.74) is 3.52. The van der Waals surface area contributed by atoms with Gasteiger partial charge in [-0.2, -0.15) is 5.10 Å². The molecule has 1 aromatic rings. The number of amides is 2. The van der Waals surface area contributed by atoms with Gasteiger partial charge in [0.05, 0.1) is 5.69 Å². The zero-order valence-corrected chi connectivity index (χ0v) is 14.9. The summed E-state index contributed by atoms with van der Waals surface area (Å²) in [6.07, 6.45) is 7.14. The van der Waals surface area contributed by atoms with Gasteiger partial charge in [-0.15, -0.1) is 0 Å². The van der Waals surface area contributed by atoms with Gasteiger partial charge in [0.1, 0.15) is 0 Å². The van der Waals surface area contributed by atoms with E-state index in [2.05, 4.69) is 29.2 Å². The minimum absolute atomic E-state index is 0.131. The first kappa shape index (κ1) is 16.3. The van der Waals surface area contributed by atoms with Crippen LogP contribution in [-0.4, -0.2) is 39.3 Å². The lowest BCUT2D eigenvalue weighted by molar-refractivity contribution is 0.167. The van der Waals surface area contributed by atoms with Crippen LogP contribution in [0.2, 0.25) is 0 Å². The Labute approximate surface area is 139 Å². The van der Waals surface area contributed by atoms with Crippen molar-refractivity contribution in [3.05, 3.63) is 17.0 Å². The maximum Gasteiger partial charge on any atom is 0.317 e. The number of carbonyl (C=O) groups excluding carboxylic acids is 1. The lowest BCUT2D eigenvalue weighted by Crippen LogP contribution is -2.48. The summed E-state index contributed by atoms with van der Waals surface area (Å²) in [5, 5.41) is 7.68. The average Bonchev–Trinajstić information content (AvgIpc) is 3.04. The number of aryl methyl sites for hydroxylation is 2. The number of hydrogen-bond acceptors (Lipinski definition) is 2. The second kappa shape index (κ2) is 6.54. The van der Waals surface area contributed by atoms with Crippen LogP contribution in [0.5, 0.6) is 0 Å². The summed E-state index contributed by atoms with van der Waals surface area (Å²) in [6, 6.07) is 0.746. The molecule has 1 aromatic heterocycles. The fourth-order valence-electron chi connectivity index (χ4n) is 4.42. The van der Waals surface area contributed by atoms with Gasteiger partial charge in [0.2, 0.25) is 0 Å². The number of fused-ring (bicyclic) bond motifs is 1. The van der Waals surface area contributed by atoms with E-state index in [-0.39, 0.29) is 12.1 Å². The lowest BCUT2D eigenvalue weighted by atomic mass is 9.85. The summed E-state index contributed by atoms with van der Waals surface area (Å²) in [4.78, 5) is 14.8. The molecule has 0 unspecified atom stereocenters. The molecule has 0 radical (unpaired) electrons. The fraction of sp³-hybridized carbons (Fsp3) is 0.778. The zero-order chi connectivity index (χ0) is 16.6. The van der Waals surface area contributed by atoms with E-state index in [0.717, 1.165) is 24.6 Å². The molecule has 0 spiro atoms. The molecule has 0 aromatic carbocycles. The average molecular weight is 318 g/mol. The van der Waals surface area contributed by atoms with Crippen molar-refractivity contribution in [1.29, 1.82) is 0 Å². The molecule has 2 fully saturated rings. The van der Waals surface area contributed by atoms with Gasteiger partial charge in [-0.3, -0.25) is 4.68 Å². The van der Waals surface area contributed by atoms with E-state index >= 15 is 0 Å². The Hall–Kier alpha value is -1.52. The van der Waals surface area contributed by atoms with Crippen molar-refractivity contribution in [1.82, 2.24) is 20.0 Å². The SMILES string of the molecule is Cc1nn(C)c(C)c1C[C@H](C)NC(=O)N1CC[C@@H]2CCCC[C@@H]21. The standard InChI is InChI=1S/C18H30N4O/c1-12(11-16-13(2)20-21(4)14(16)3)19-18(23)22-10-9-15-7-5-6-8-17(15)22/h12,15,17H,5-11H2,1-4H3,(H,19,23)/t12-,15-,17-/m0/s1. The van der Waals surface area contributed by atoms with Crippen molar-refractivity contribution in [2.75, 3.05) is 6.54 Å². The van der Waals surface area contributed by atoms with Crippen molar-refractivity contribution in [2.45, 2.75) is 71.4 Å². The van der Waals surface area contributed by atoms with Crippen LogP contribution in [0.15, 0.2) is 0 Å². The smallest absolute Gasteiger partial charge is 0.317 e. The molecule has 0 bridgehead atoms. The Morgan fingerprint density at radius 2 is 2.04 bits per heavy atom. The Kier molecular flexibility index (Phi) is 4.64. The van der Waals surface area contributed by atoms with Crippen LogP contribution in [-0.2, 0) is 13.5 Å². The molecule has 128 valence electrons. The van der Waals surface area contributed by atoms with Gasteiger partial charge in [-0.1, -0.05) is 12.8 Å². The van der Waals surface area contributed by atoms with Crippen LogP contribution in [0.3, 0.4) is 0 Å². The van der Waals surface area contributed by atoms with Gasteiger partial charge < -0.3 is 10.2 Å². The number of aromatic nitrogens is 2. The molecule has 1 N–H and O–H groups in total. The molecule has 3 rings (SSSR count). The van der Waals surface area contributed by atoms with Gasteiger partial charge >= 0.3 is 6.03 Å². The first-order valence-corrected chi connectivity index (χ1v) is 9.03. The number of urea groups is 1. The van der Waals surface area contributed by atoms with E-state index in [1.54, 1.807) is 0 Å². The van der Waals surface area contributed by atoms with Gasteiger partial charge in [-0.25, -0.2) is 4.79 Å². The molecule has 2 aliphatic rings. The van der Waals surface area contributed by atoms with Crippen molar-refractivity contribution in [3.63, 3.8) is 0 Å². The third-order valence-electron chi connectivity index (χ3n) is 5.81. The van der Waals surface area contributed by atoms with Gasteiger partial charge in [0.25, 0.3) is 0 Å². The van der Waals surface area contributed by atoms with E-state index < -0.39 is 0 Å². The molecule has 1 aliphatic heterocycles. The van der Waals surface area contributed by atoms with E-state index in [1.807, 2.05) is 18.7 Å². The quantitative estimate of drug-likeness (QED) is 0.931. The fourth-order valence-corrected chi connectivity index (χ4v) is 4.42. The molecule has 5 heteroatoms. The zero-order valence-electron chi connectivity index (χ0n) is 14.9. The van der Waals surface area contributed by atoms with E-state index in [0.29, 0.717) is 6.04 Å². The van der Waals surface area contributed by atoms with Gasteiger partial charge in [0.15, 0.2) is 0 Å². The summed E-state index contributed by atoms with van der Waals surface area (Å²) >= 11 is 0. The second-order valence-corrected chi connectivity index (χ2v) is 7.42. The monoisotopic (exact) mass is 318 g/mol. The molecule has 2 heterocycles. The third-order valence-corrected chi connectivity index (χ3v) is 5.81. The summed E-state index contributed by atoms with van der Waals surface area (Å²) < 4.78 is 1.92. The first-order chi connectivity index (χ1) is 11.0. The molecule has 23 heavy (non-hydrogen) atoms. The number of carbonyl (C=O) groups is 1. The highest BCUT2D eigenvalue weighted by molar-refractivity contribution is 5.75. The molecule has 1 saturated carbocycles. The van der Waals surface area contributed by atoms with Gasteiger partial charge in [0, 0.05) is 31.4 Å². The highest BCUT2D eigenvalue weighted by atomic mass is 16.2. The molecule has 1 saturated heterocycles. The Bertz CT molecular complexity index is 580. The second-order valence-electron chi connectivity index (χ2n) is 7.42. The number of nitrogens with one attached hydrogen (secondary N) is 1. The number of nitrogens with zero attached hydrogens (tertiary/aromatic N) is 3. The number of hydrogen-bond donors (Lipinski definition) is 1. The van der Waals surface area contributed by atoms with Crippen molar-refractivity contribution >= 4 is 6.03 Å². The summed E-state index contributed by atoms with van der Waals surface area (Å²) in [7, 11) is 1.97. The minimum atomic E-state index is 0.131. The maximum absolute atomic E-state index is 12.7. The Morgan fingerprint density at radius 1 is 1.30 bits per heavy atom. The predicted octanol–water partition coefficient (Wildman–Crippen LogP) is 2.94. The molecular formula is C18H30N4O. The van der Waals surface area contributed by atoms with Crippen LogP contribution in [0.4, 0.5) is 4.79 Å². The van der Waals surface area contributed by atoms with E-state index in [9.17, 15) is 4.79 Å². The minimum Gasteiger partial charge on any atom is -0.335 e. The number of likely N-dealkylation sites (tertiary alicyclic amines) is 1. The van der Waals surface area contributed by atoms with Crippen LogP contribution in [0, 0.1) is 19.8 Å². The van der Waals surface area contributed by atoms with Crippen molar-refractivity contribution < 1.29 is 4.79 Å². The number of rotatable bonds is 3. The molecule has 2 amide bonds. The predicted molar refractivity (Wildman–Crippen MR) is 91.4 cm³/mol. The lowest BCUT2D eigenvalue weighted by Gasteiger charge is -2.32. The molecule has 1 aliphatic carbocycles. The maximum atomic E-state index is 12.7. The Balaban J connectivity index is 1.59. The highest BCUT2D eigenvalue weighted by Crippen LogP contribution is 2.36. The highest BCUT2D eigenvalue weighted by Gasteiger charge is 2.38. The normalized spacial score (nSPS) is 25.3. The van der Waals surface area contributed by atoms with Crippen LogP contribution >= 0.6 is 0 Å². The molecule has 3 atom stereocenters. The van der Waals surface area contributed by atoms with Crippen molar-refractivity contribution in [3.8, 4) is 0 Å². The topological polar surface area (TPSA) is 50.2 Å². The van der Waals surface area contributed by atoms with Crippen LogP contribution < -0.4 is 5.32 Å². The van der Waals surface area contributed by atoms with E-state index in [4.69, 9.17) is 0 Å². The summed E-state index contributed by atoms with van der Waals surface area (Å²) in [5.74, 6) is 0.743. The van der Waals surface area contributed by atoms with E-state index in [1.165, 1.54) is 43.4 Å². The third kappa shape index (κ3) is 3.24.